The Morgan fingerprint density at radius 3 is 1.76 bits per heavy atom. The number of nitrogens with one attached hydrogen (secondary N) is 2. The van der Waals surface area contributed by atoms with Gasteiger partial charge in [0.15, 0.2) is 0 Å². The number of ether oxygens (including phenoxy) is 2. The van der Waals surface area contributed by atoms with Crippen LogP contribution in [-0.2, 0) is 19.1 Å². The van der Waals surface area contributed by atoms with Crippen LogP contribution in [0.3, 0.4) is 0 Å². The Hall–Kier alpha value is -2.12. The molecule has 0 aliphatic carbocycles. The first-order chi connectivity index (χ1) is 10.3. The Morgan fingerprint density at radius 1 is 0.905 bits per heavy atom. The summed E-state index contributed by atoms with van der Waals surface area (Å²) in [7, 11) is 0. The summed E-state index contributed by atoms with van der Waals surface area (Å²) in [5, 5.41) is 5.40. The molecule has 2 aliphatic rings. The molecule has 0 aromatic heterocycles. The van der Waals surface area contributed by atoms with Gasteiger partial charge in [-0.2, -0.15) is 0 Å². The van der Waals surface area contributed by atoms with Crippen LogP contribution in [0.1, 0.15) is 19.3 Å². The van der Waals surface area contributed by atoms with Gasteiger partial charge in [-0.3, -0.25) is 9.59 Å². The average Bonchev–Trinajstić information content (AvgIpc) is 2.55. The summed E-state index contributed by atoms with van der Waals surface area (Å²) in [5.74, 6) is -0.312. The zero-order valence-corrected chi connectivity index (χ0v) is 11.9. The second kappa shape index (κ2) is 8.23. The van der Waals surface area contributed by atoms with E-state index in [0.717, 1.165) is 12.8 Å². The SMILES string of the molecule is O=C(NCCCNC(=O)C1=NCCCO1)C1=NCCCO1. The summed E-state index contributed by atoms with van der Waals surface area (Å²) >= 11 is 0. The minimum Gasteiger partial charge on any atom is -0.474 e. The second-order valence-corrected chi connectivity index (χ2v) is 4.64. The van der Waals surface area contributed by atoms with Gasteiger partial charge in [-0.1, -0.05) is 0 Å². The van der Waals surface area contributed by atoms with E-state index in [9.17, 15) is 9.59 Å². The second-order valence-electron chi connectivity index (χ2n) is 4.64. The van der Waals surface area contributed by atoms with Gasteiger partial charge in [0.25, 0.3) is 11.8 Å². The molecule has 8 heteroatoms. The van der Waals surface area contributed by atoms with E-state index in [1.54, 1.807) is 0 Å². The summed E-state index contributed by atoms with van der Waals surface area (Å²) in [4.78, 5) is 31.3. The van der Waals surface area contributed by atoms with E-state index in [2.05, 4.69) is 20.6 Å². The minimum atomic E-state index is -0.305. The van der Waals surface area contributed by atoms with Crippen LogP contribution in [0.25, 0.3) is 0 Å². The largest absolute Gasteiger partial charge is 0.474 e. The van der Waals surface area contributed by atoms with E-state index in [4.69, 9.17) is 9.47 Å². The molecule has 2 N–H and O–H groups in total. The number of carbonyl (C=O) groups excluding carboxylic acids is 2. The molecule has 0 fully saturated rings. The molecule has 0 aromatic carbocycles. The average molecular weight is 296 g/mol. The van der Waals surface area contributed by atoms with Crippen molar-refractivity contribution < 1.29 is 19.1 Å². The van der Waals surface area contributed by atoms with Crippen molar-refractivity contribution in [3.63, 3.8) is 0 Å². The van der Waals surface area contributed by atoms with E-state index >= 15 is 0 Å². The molecule has 2 heterocycles. The van der Waals surface area contributed by atoms with Crippen molar-refractivity contribution in [2.24, 2.45) is 9.98 Å². The third kappa shape index (κ3) is 5.05. The van der Waals surface area contributed by atoms with Crippen molar-refractivity contribution in [3.05, 3.63) is 0 Å². The van der Waals surface area contributed by atoms with E-state index in [1.165, 1.54) is 0 Å². The summed E-state index contributed by atoms with van der Waals surface area (Å²) in [6.07, 6.45) is 2.29. The Kier molecular flexibility index (Phi) is 5.99. The number of hydrogen-bond donors (Lipinski definition) is 2. The number of rotatable bonds is 6. The van der Waals surface area contributed by atoms with Gasteiger partial charge in [-0.25, -0.2) is 9.98 Å². The van der Waals surface area contributed by atoms with E-state index in [-0.39, 0.29) is 23.6 Å². The summed E-state index contributed by atoms with van der Waals surface area (Å²) in [6, 6.07) is 0. The van der Waals surface area contributed by atoms with E-state index in [0.29, 0.717) is 45.8 Å². The van der Waals surface area contributed by atoms with Crippen molar-refractivity contribution in [1.82, 2.24) is 10.6 Å². The van der Waals surface area contributed by atoms with Crippen LogP contribution < -0.4 is 10.6 Å². The number of carbonyl (C=O) groups is 2. The van der Waals surface area contributed by atoms with Crippen LogP contribution in [0.2, 0.25) is 0 Å². The Labute approximate surface area is 123 Å². The molecule has 0 saturated heterocycles. The van der Waals surface area contributed by atoms with Crippen LogP contribution in [0.15, 0.2) is 9.98 Å². The lowest BCUT2D eigenvalue weighted by atomic mass is 10.3. The Bertz CT molecular complexity index is 407. The molecule has 2 amide bonds. The van der Waals surface area contributed by atoms with Crippen molar-refractivity contribution in [2.45, 2.75) is 19.3 Å². The first-order valence-electron chi connectivity index (χ1n) is 7.18. The van der Waals surface area contributed by atoms with Gasteiger partial charge in [-0.15, -0.1) is 0 Å². The van der Waals surface area contributed by atoms with Crippen LogP contribution in [0.5, 0.6) is 0 Å². The molecule has 0 atom stereocenters. The lowest BCUT2D eigenvalue weighted by molar-refractivity contribution is -0.116. The fourth-order valence-electron chi connectivity index (χ4n) is 1.84. The summed E-state index contributed by atoms with van der Waals surface area (Å²) < 4.78 is 10.3. The van der Waals surface area contributed by atoms with E-state index in [1.807, 2.05) is 0 Å². The fraction of sp³-hybridized carbons (Fsp3) is 0.692. The van der Waals surface area contributed by atoms with Crippen LogP contribution in [0.4, 0.5) is 0 Å². The highest BCUT2D eigenvalue weighted by Crippen LogP contribution is 1.97. The molecule has 116 valence electrons. The van der Waals surface area contributed by atoms with Gasteiger partial charge in [0, 0.05) is 39.0 Å². The maximum absolute atomic E-state index is 11.6. The Balaban J connectivity index is 1.57. The molecule has 0 saturated carbocycles. The molecular formula is C13H20N4O4. The monoisotopic (exact) mass is 296 g/mol. The maximum atomic E-state index is 11.6. The smallest absolute Gasteiger partial charge is 0.306 e. The first-order valence-corrected chi connectivity index (χ1v) is 7.18. The molecule has 0 spiro atoms. The highest BCUT2D eigenvalue weighted by molar-refractivity contribution is 6.35. The lowest BCUT2D eigenvalue weighted by Gasteiger charge is -2.14. The number of nitrogens with zero attached hydrogens (tertiary/aromatic N) is 2. The van der Waals surface area contributed by atoms with Crippen LogP contribution in [-0.4, -0.2) is 63.0 Å². The number of aliphatic imine (C=N–C) groups is 2. The molecule has 21 heavy (non-hydrogen) atoms. The fourth-order valence-corrected chi connectivity index (χ4v) is 1.84. The quantitative estimate of drug-likeness (QED) is 0.629. The highest BCUT2D eigenvalue weighted by atomic mass is 16.5. The molecule has 0 aromatic rings. The molecule has 2 rings (SSSR count). The molecule has 0 bridgehead atoms. The molecule has 2 aliphatic heterocycles. The van der Waals surface area contributed by atoms with Gasteiger partial charge in [0.05, 0.1) is 13.2 Å². The van der Waals surface area contributed by atoms with Gasteiger partial charge < -0.3 is 20.1 Å². The van der Waals surface area contributed by atoms with Crippen LogP contribution >= 0.6 is 0 Å². The zero-order chi connectivity index (χ0) is 14.9. The van der Waals surface area contributed by atoms with Gasteiger partial charge in [-0.05, 0) is 6.42 Å². The van der Waals surface area contributed by atoms with Crippen LogP contribution in [0, 0.1) is 0 Å². The third-order valence-corrected chi connectivity index (χ3v) is 2.91. The molecule has 0 radical (unpaired) electrons. The summed E-state index contributed by atoms with van der Waals surface area (Å²) in [6.45, 7) is 3.19. The highest BCUT2D eigenvalue weighted by Gasteiger charge is 2.16. The first kappa shape index (κ1) is 15.3. The van der Waals surface area contributed by atoms with Gasteiger partial charge in [0.2, 0.25) is 0 Å². The van der Waals surface area contributed by atoms with Gasteiger partial charge in [0.1, 0.15) is 0 Å². The molecule has 0 unspecified atom stereocenters. The van der Waals surface area contributed by atoms with Crippen molar-refractivity contribution in [2.75, 3.05) is 39.4 Å². The molecular weight excluding hydrogens is 276 g/mol. The standard InChI is InChI=1S/C13H20N4O4/c18-10(12-16-6-2-8-20-12)14-4-1-5-15-11(19)13-17-7-3-9-21-13/h1-9H2,(H,14,18)(H,15,19). The van der Waals surface area contributed by atoms with E-state index < -0.39 is 0 Å². The number of amides is 2. The summed E-state index contributed by atoms with van der Waals surface area (Å²) in [5.41, 5.74) is 0. The maximum Gasteiger partial charge on any atom is 0.306 e. The predicted octanol–water partition coefficient (Wildman–Crippen LogP) is -0.753. The number of hydrogen-bond acceptors (Lipinski definition) is 6. The molecule has 8 nitrogen and oxygen atoms in total. The lowest BCUT2D eigenvalue weighted by Crippen LogP contribution is -2.38. The third-order valence-electron chi connectivity index (χ3n) is 2.91. The zero-order valence-electron chi connectivity index (χ0n) is 11.9. The van der Waals surface area contributed by atoms with Crippen molar-refractivity contribution >= 4 is 23.6 Å². The van der Waals surface area contributed by atoms with Crippen molar-refractivity contribution in [3.8, 4) is 0 Å². The minimum absolute atomic E-state index is 0.148. The normalized spacial score (nSPS) is 17.7. The predicted molar refractivity (Wildman–Crippen MR) is 76.4 cm³/mol. The van der Waals surface area contributed by atoms with Crippen molar-refractivity contribution in [1.29, 1.82) is 0 Å². The van der Waals surface area contributed by atoms with Gasteiger partial charge >= 0.3 is 11.8 Å². The topological polar surface area (TPSA) is 101 Å². The Morgan fingerprint density at radius 2 is 1.38 bits per heavy atom.